The van der Waals surface area contributed by atoms with Crippen LogP contribution in [-0.2, 0) is 11.3 Å². The molecule has 0 N–H and O–H groups in total. The van der Waals surface area contributed by atoms with E-state index in [-0.39, 0.29) is 0 Å². The predicted molar refractivity (Wildman–Crippen MR) is 69.1 cm³/mol. The van der Waals surface area contributed by atoms with Crippen molar-refractivity contribution in [2.75, 3.05) is 7.11 Å². The van der Waals surface area contributed by atoms with Gasteiger partial charge in [0, 0.05) is 13.0 Å². The molecule has 1 saturated carbocycles. The monoisotopic (exact) mass is 263 g/mol. The molecule has 0 spiro atoms. The molecule has 18 heavy (non-hydrogen) atoms. The maximum absolute atomic E-state index is 6.21. The summed E-state index contributed by atoms with van der Waals surface area (Å²) < 4.78 is 6.97. The number of halogens is 1. The summed E-state index contributed by atoms with van der Waals surface area (Å²) in [5.74, 6) is 2.22. The Kier molecular flexibility index (Phi) is 3.06. The summed E-state index contributed by atoms with van der Waals surface area (Å²) in [6.07, 6.45) is 2.36. The van der Waals surface area contributed by atoms with Gasteiger partial charge in [0.15, 0.2) is 11.6 Å². The van der Waals surface area contributed by atoms with Crippen molar-refractivity contribution in [3.8, 4) is 5.69 Å². The second-order valence-electron chi connectivity index (χ2n) is 4.46. The number of para-hydroxylation sites is 1. The van der Waals surface area contributed by atoms with Crippen LogP contribution in [0, 0.1) is 0 Å². The van der Waals surface area contributed by atoms with E-state index in [0.29, 0.717) is 17.5 Å². The van der Waals surface area contributed by atoms with Gasteiger partial charge in [0.1, 0.15) is 6.61 Å². The summed E-state index contributed by atoms with van der Waals surface area (Å²) in [5, 5.41) is 5.23. The summed E-state index contributed by atoms with van der Waals surface area (Å²) in [4.78, 5) is 4.55. The summed E-state index contributed by atoms with van der Waals surface area (Å²) in [6.45, 7) is 0.435. The number of hydrogen-bond acceptors (Lipinski definition) is 3. The number of aromatic nitrogens is 3. The van der Waals surface area contributed by atoms with Crippen LogP contribution in [-0.4, -0.2) is 21.9 Å². The maximum atomic E-state index is 6.21. The average molecular weight is 264 g/mol. The van der Waals surface area contributed by atoms with Crippen molar-refractivity contribution < 1.29 is 4.74 Å². The molecule has 0 bridgehead atoms. The third kappa shape index (κ3) is 2.13. The van der Waals surface area contributed by atoms with Gasteiger partial charge in [-0.25, -0.2) is 9.67 Å². The maximum Gasteiger partial charge on any atom is 0.158 e. The lowest BCUT2D eigenvalue weighted by Crippen LogP contribution is -2.04. The zero-order chi connectivity index (χ0) is 12.5. The summed E-state index contributed by atoms with van der Waals surface area (Å²) in [5.41, 5.74) is 0.852. The van der Waals surface area contributed by atoms with Crippen LogP contribution in [0.1, 0.15) is 30.4 Å². The van der Waals surface area contributed by atoms with E-state index in [1.807, 2.05) is 24.3 Å². The van der Waals surface area contributed by atoms with Crippen molar-refractivity contribution in [3.63, 3.8) is 0 Å². The van der Waals surface area contributed by atoms with E-state index in [2.05, 4.69) is 10.1 Å². The highest BCUT2D eigenvalue weighted by Crippen LogP contribution is 2.38. The fraction of sp³-hybridized carbons (Fsp3) is 0.385. The molecule has 0 radical (unpaired) electrons. The van der Waals surface area contributed by atoms with Crippen molar-refractivity contribution in [1.82, 2.24) is 14.8 Å². The minimum absolute atomic E-state index is 0.435. The largest absolute Gasteiger partial charge is 0.377 e. The molecule has 4 nitrogen and oxygen atoms in total. The lowest BCUT2D eigenvalue weighted by atomic mass is 10.3. The molecule has 1 aromatic heterocycles. The first-order valence-corrected chi connectivity index (χ1v) is 6.37. The van der Waals surface area contributed by atoms with Crippen molar-refractivity contribution >= 4 is 11.6 Å². The van der Waals surface area contributed by atoms with Gasteiger partial charge in [0.2, 0.25) is 0 Å². The summed E-state index contributed by atoms with van der Waals surface area (Å²) in [6, 6.07) is 7.63. The van der Waals surface area contributed by atoms with E-state index in [1.165, 1.54) is 12.8 Å². The van der Waals surface area contributed by atoms with Gasteiger partial charge in [0.05, 0.1) is 10.7 Å². The number of nitrogens with zero attached hydrogens (tertiary/aromatic N) is 3. The van der Waals surface area contributed by atoms with Crippen LogP contribution in [0.5, 0.6) is 0 Å². The molecule has 0 amide bonds. The van der Waals surface area contributed by atoms with Gasteiger partial charge in [-0.3, -0.25) is 0 Å². The molecule has 0 unspecified atom stereocenters. The topological polar surface area (TPSA) is 39.9 Å². The molecule has 0 aliphatic heterocycles. The Balaban J connectivity index is 2.06. The molecule has 3 rings (SSSR count). The Labute approximate surface area is 111 Å². The second-order valence-corrected chi connectivity index (χ2v) is 4.86. The SMILES string of the molecule is COCc1nc(C2CC2)nn1-c1ccccc1Cl. The molecular formula is C13H14ClN3O. The zero-order valence-corrected chi connectivity index (χ0v) is 10.9. The molecule has 1 aromatic carbocycles. The van der Waals surface area contributed by atoms with Crippen LogP contribution in [0.15, 0.2) is 24.3 Å². The molecule has 0 saturated heterocycles. The molecule has 94 valence electrons. The highest BCUT2D eigenvalue weighted by Gasteiger charge is 2.29. The highest BCUT2D eigenvalue weighted by atomic mass is 35.5. The number of benzene rings is 1. The highest BCUT2D eigenvalue weighted by molar-refractivity contribution is 6.32. The van der Waals surface area contributed by atoms with Crippen LogP contribution < -0.4 is 0 Å². The third-order valence-electron chi connectivity index (χ3n) is 2.99. The second kappa shape index (κ2) is 4.71. The van der Waals surface area contributed by atoms with Crippen molar-refractivity contribution in [2.24, 2.45) is 0 Å². The first-order valence-electron chi connectivity index (χ1n) is 5.99. The van der Waals surface area contributed by atoms with Gasteiger partial charge in [-0.15, -0.1) is 0 Å². The molecule has 0 atom stereocenters. The van der Waals surface area contributed by atoms with Crippen LogP contribution in [0.2, 0.25) is 5.02 Å². The Morgan fingerprint density at radius 1 is 1.39 bits per heavy atom. The van der Waals surface area contributed by atoms with E-state index in [1.54, 1.807) is 11.8 Å². The minimum atomic E-state index is 0.435. The first-order chi connectivity index (χ1) is 8.79. The van der Waals surface area contributed by atoms with E-state index in [0.717, 1.165) is 17.3 Å². The van der Waals surface area contributed by atoms with Gasteiger partial charge < -0.3 is 4.74 Å². The smallest absolute Gasteiger partial charge is 0.158 e. The summed E-state index contributed by atoms with van der Waals surface area (Å²) in [7, 11) is 1.66. The zero-order valence-electron chi connectivity index (χ0n) is 10.1. The molecule has 1 aliphatic rings. The van der Waals surface area contributed by atoms with Crippen molar-refractivity contribution in [1.29, 1.82) is 0 Å². The van der Waals surface area contributed by atoms with Crippen LogP contribution in [0.25, 0.3) is 5.69 Å². The van der Waals surface area contributed by atoms with E-state index < -0.39 is 0 Å². The Bertz CT molecular complexity index is 563. The van der Waals surface area contributed by atoms with Gasteiger partial charge in [-0.05, 0) is 25.0 Å². The molecule has 5 heteroatoms. The predicted octanol–water partition coefficient (Wildman–Crippen LogP) is 2.94. The lowest BCUT2D eigenvalue weighted by molar-refractivity contribution is 0.176. The number of hydrogen-bond donors (Lipinski definition) is 0. The van der Waals surface area contributed by atoms with Gasteiger partial charge in [0.25, 0.3) is 0 Å². The molecular weight excluding hydrogens is 250 g/mol. The average Bonchev–Trinajstić information content (AvgIpc) is 3.13. The molecule has 1 aliphatic carbocycles. The summed E-state index contributed by atoms with van der Waals surface area (Å²) >= 11 is 6.21. The fourth-order valence-electron chi connectivity index (χ4n) is 1.92. The number of methoxy groups -OCH3 is 1. The van der Waals surface area contributed by atoms with Crippen LogP contribution >= 0.6 is 11.6 Å². The van der Waals surface area contributed by atoms with Crippen molar-refractivity contribution in [3.05, 3.63) is 40.9 Å². The third-order valence-corrected chi connectivity index (χ3v) is 3.31. The van der Waals surface area contributed by atoms with Gasteiger partial charge in [-0.2, -0.15) is 5.10 Å². The van der Waals surface area contributed by atoms with Gasteiger partial charge in [-0.1, -0.05) is 23.7 Å². The van der Waals surface area contributed by atoms with E-state index in [9.17, 15) is 0 Å². The van der Waals surface area contributed by atoms with Crippen LogP contribution in [0.3, 0.4) is 0 Å². The number of rotatable bonds is 4. The Morgan fingerprint density at radius 3 is 2.83 bits per heavy atom. The van der Waals surface area contributed by atoms with E-state index in [4.69, 9.17) is 16.3 Å². The quantitative estimate of drug-likeness (QED) is 0.851. The van der Waals surface area contributed by atoms with E-state index >= 15 is 0 Å². The van der Waals surface area contributed by atoms with Gasteiger partial charge >= 0.3 is 0 Å². The fourth-order valence-corrected chi connectivity index (χ4v) is 2.13. The minimum Gasteiger partial charge on any atom is -0.377 e. The van der Waals surface area contributed by atoms with Crippen molar-refractivity contribution in [2.45, 2.75) is 25.4 Å². The number of ether oxygens (including phenoxy) is 1. The Hall–Kier alpha value is -1.39. The molecule has 1 heterocycles. The normalized spacial score (nSPS) is 15.0. The standard InChI is InChI=1S/C13H14ClN3O/c1-18-8-12-15-13(9-6-7-9)16-17(12)11-5-3-2-4-10(11)14/h2-5,9H,6-8H2,1H3. The van der Waals surface area contributed by atoms with Crippen LogP contribution in [0.4, 0.5) is 0 Å². The lowest BCUT2D eigenvalue weighted by Gasteiger charge is -2.06. The molecule has 1 fully saturated rings. The Morgan fingerprint density at radius 2 is 2.17 bits per heavy atom. The molecule has 2 aromatic rings. The first kappa shape index (κ1) is 11.7.